The fourth-order valence-corrected chi connectivity index (χ4v) is 2.39. The highest BCUT2D eigenvalue weighted by Crippen LogP contribution is 2.39. The molecule has 94 valence electrons. The maximum absolute atomic E-state index is 6.19. The molecule has 0 amide bonds. The number of aromatic nitrogens is 2. The number of hydrogen-bond donors (Lipinski definition) is 1. The van der Waals surface area contributed by atoms with E-state index >= 15 is 0 Å². The summed E-state index contributed by atoms with van der Waals surface area (Å²) in [4.78, 5) is 3.99. The Bertz CT molecular complexity index is 545. The lowest BCUT2D eigenvalue weighted by atomic mass is 10.1. The molecule has 1 unspecified atom stereocenters. The molecule has 2 heterocycles. The Labute approximate surface area is 112 Å². The fourth-order valence-electron chi connectivity index (χ4n) is 2.21. The average molecular weight is 262 g/mol. The molecule has 1 saturated carbocycles. The summed E-state index contributed by atoms with van der Waals surface area (Å²) in [6.07, 6.45) is 10.2. The third kappa shape index (κ3) is 2.42. The zero-order valence-corrected chi connectivity index (χ0v) is 10.8. The first kappa shape index (κ1) is 11.8. The lowest BCUT2D eigenvalue weighted by Crippen LogP contribution is -2.11. The predicted octanol–water partition coefficient (Wildman–Crippen LogP) is 2.99. The monoisotopic (exact) mass is 261 g/mol. The van der Waals surface area contributed by atoms with Gasteiger partial charge >= 0.3 is 0 Å². The summed E-state index contributed by atoms with van der Waals surface area (Å²) in [7, 11) is 0. The van der Waals surface area contributed by atoms with Crippen molar-refractivity contribution in [3.05, 3.63) is 53.1 Å². The van der Waals surface area contributed by atoms with Crippen molar-refractivity contribution in [3.8, 4) is 0 Å². The number of hydrogen-bond acceptors (Lipinski definition) is 2. The lowest BCUT2D eigenvalue weighted by molar-refractivity contribution is 0.631. The molecule has 4 heteroatoms. The van der Waals surface area contributed by atoms with Crippen LogP contribution in [0.5, 0.6) is 0 Å². The van der Waals surface area contributed by atoms with Crippen molar-refractivity contribution >= 4 is 11.6 Å². The van der Waals surface area contributed by atoms with E-state index in [1.807, 2.05) is 6.07 Å². The maximum atomic E-state index is 6.19. The molecule has 0 saturated heterocycles. The highest BCUT2D eigenvalue weighted by molar-refractivity contribution is 6.31. The Kier molecular flexibility index (Phi) is 3.10. The molecule has 1 fully saturated rings. The fraction of sp³-hybridized carbons (Fsp3) is 0.357. The van der Waals surface area contributed by atoms with Crippen LogP contribution in [-0.4, -0.2) is 9.55 Å². The van der Waals surface area contributed by atoms with E-state index in [1.165, 1.54) is 18.4 Å². The normalized spacial score (nSPS) is 16.8. The highest BCUT2D eigenvalue weighted by atomic mass is 35.5. The molecular weight excluding hydrogens is 246 g/mol. The van der Waals surface area contributed by atoms with Crippen LogP contribution in [0.3, 0.4) is 0 Å². The van der Waals surface area contributed by atoms with E-state index in [0.29, 0.717) is 10.9 Å². The van der Waals surface area contributed by atoms with E-state index in [0.717, 1.165) is 12.1 Å². The Balaban J connectivity index is 1.75. The van der Waals surface area contributed by atoms with Crippen LogP contribution in [0.4, 0.5) is 0 Å². The van der Waals surface area contributed by atoms with E-state index in [1.54, 1.807) is 12.4 Å². The van der Waals surface area contributed by atoms with Crippen LogP contribution >= 0.6 is 11.6 Å². The van der Waals surface area contributed by atoms with Gasteiger partial charge in [0.25, 0.3) is 0 Å². The van der Waals surface area contributed by atoms with Gasteiger partial charge in [-0.3, -0.25) is 4.98 Å². The van der Waals surface area contributed by atoms with Crippen molar-refractivity contribution in [1.29, 1.82) is 0 Å². The number of nitrogens with two attached hydrogens (primary N) is 1. The Morgan fingerprint density at radius 1 is 1.44 bits per heavy atom. The second-order valence-corrected chi connectivity index (χ2v) is 5.35. The summed E-state index contributed by atoms with van der Waals surface area (Å²) in [5.74, 6) is 0.686. The molecule has 0 radical (unpaired) electrons. The van der Waals surface area contributed by atoms with Crippen molar-refractivity contribution in [3.63, 3.8) is 0 Å². The minimum absolute atomic E-state index is 0.194. The van der Waals surface area contributed by atoms with Crippen molar-refractivity contribution in [2.45, 2.75) is 25.4 Å². The topological polar surface area (TPSA) is 43.8 Å². The zero-order chi connectivity index (χ0) is 12.5. The van der Waals surface area contributed by atoms with Gasteiger partial charge in [0.05, 0.1) is 5.02 Å². The molecule has 0 aliphatic heterocycles. The van der Waals surface area contributed by atoms with Crippen LogP contribution in [0.15, 0.2) is 36.9 Å². The third-order valence-electron chi connectivity index (χ3n) is 3.50. The molecule has 18 heavy (non-hydrogen) atoms. The van der Waals surface area contributed by atoms with Gasteiger partial charge in [-0.05, 0) is 42.0 Å². The van der Waals surface area contributed by atoms with Gasteiger partial charge < -0.3 is 10.3 Å². The van der Waals surface area contributed by atoms with Crippen LogP contribution in [0.25, 0.3) is 0 Å². The first-order chi connectivity index (χ1) is 8.74. The zero-order valence-electron chi connectivity index (χ0n) is 10.1. The van der Waals surface area contributed by atoms with Crippen LogP contribution in [0, 0.1) is 5.92 Å². The van der Waals surface area contributed by atoms with E-state index in [-0.39, 0.29) is 6.04 Å². The maximum Gasteiger partial charge on any atom is 0.0639 e. The smallest absolute Gasteiger partial charge is 0.0639 e. The van der Waals surface area contributed by atoms with Crippen LogP contribution in [0.2, 0.25) is 5.02 Å². The van der Waals surface area contributed by atoms with Crippen molar-refractivity contribution in [2.24, 2.45) is 11.7 Å². The first-order valence-electron chi connectivity index (χ1n) is 6.23. The quantitative estimate of drug-likeness (QED) is 0.920. The summed E-state index contributed by atoms with van der Waals surface area (Å²) in [6, 6.07) is 4.25. The van der Waals surface area contributed by atoms with Gasteiger partial charge in [-0.15, -0.1) is 0 Å². The molecule has 0 spiro atoms. The Morgan fingerprint density at radius 2 is 2.28 bits per heavy atom. The number of pyridine rings is 1. The molecule has 2 N–H and O–H groups in total. The Hall–Kier alpha value is -1.32. The molecule has 0 bridgehead atoms. The summed E-state index contributed by atoms with van der Waals surface area (Å²) in [6.45, 7) is 0.763. The Morgan fingerprint density at radius 3 is 3.00 bits per heavy atom. The molecule has 1 atom stereocenters. The molecule has 1 aliphatic rings. The SMILES string of the molecule is NC(c1ccn(Cc2ccncc2Cl)c1)C1CC1. The van der Waals surface area contributed by atoms with E-state index in [4.69, 9.17) is 17.3 Å². The standard InChI is InChI=1S/C14H16ClN3/c15-13-7-17-5-3-11(13)8-18-6-4-12(9-18)14(16)10-1-2-10/h3-7,9-10,14H,1-2,8,16H2. The van der Waals surface area contributed by atoms with E-state index < -0.39 is 0 Å². The van der Waals surface area contributed by atoms with Crippen LogP contribution < -0.4 is 5.73 Å². The molecule has 3 rings (SSSR count). The van der Waals surface area contributed by atoms with Gasteiger partial charge in [-0.1, -0.05) is 11.6 Å². The van der Waals surface area contributed by atoms with Crippen molar-refractivity contribution < 1.29 is 0 Å². The molecular formula is C14H16ClN3. The van der Waals surface area contributed by atoms with Gasteiger partial charge in [0.1, 0.15) is 0 Å². The van der Waals surface area contributed by atoms with Crippen LogP contribution in [-0.2, 0) is 6.54 Å². The summed E-state index contributed by atoms with van der Waals surface area (Å²) >= 11 is 6.10. The highest BCUT2D eigenvalue weighted by Gasteiger charge is 2.29. The second kappa shape index (κ2) is 4.75. The summed E-state index contributed by atoms with van der Waals surface area (Å²) in [5.41, 5.74) is 8.49. The number of halogens is 1. The van der Waals surface area contributed by atoms with E-state index in [2.05, 4.69) is 28.0 Å². The molecule has 1 aliphatic carbocycles. The van der Waals surface area contributed by atoms with Crippen LogP contribution in [0.1, 0.15) is 30.0 Å². The molecule has 2 aromatic heterocycles. The van der Waals surface area contributed by atoms with Gasteiger partial charge in [0, 0.05) is 37.4 Å². The predicted molar refractivity (Wildman–Crippen MR) is 72.4 cm³/mol. The molecule has 3 nitrogen and oxygen atoms in total. The van der Waals surface area contributed by atoms with Gasteiger partial charge in [-0.25, -0.2) is 0 Å². The minimum atomic E-state index is 0.194. The average Bonchev–Trinajstić information content (AvgIpc) is 3.12. The van der Waals surface area contributed by atoms with Gasteiger partial charge in [0.15, 0.2) is 0 Å². The third-order valence-corrected chi connectivity index (χ3v) is 3.84. The number of rotatable bonds is 4. The second-order valence-electron chi connectivity index (χ2n) is 4.95. The summed E-state index contributed by atoms with van der Waals surface area (Å²) in [5, 5.41) is 0.708. The lowest BCUT2D eigenvalue weighted by Gasteiger charge is -2.08. The number of nitrogens with zero attached hydrogens (tertiary/aromatic N) is 2. The largest absolute Gasteiger partial charge is 0.350 e. The van der Waals surface area contributed by atoms with Crippen molar-refractivity contribution in [2.75, 3.05) is 0 Å². The first-order valence-corrected chi connectivity index (χ1v) is 6.61. The van der Waals surface area contributed by atoms with Crippen molar-refractivity contribution in [1.82, 2.24) is 9.55 Å². The van der Waals surface area contributed by atoms with E-state index in [9.17, 15) is 0 Å². The minimum Gasteiger partial charge on any atom is -0.350 e. The van der Waals surface area contributed by atoms with Gasteiger partial charge in [0.2, 0.25) is 0 Å². The molecule has 0 aromatic carbocycles. The molecule has 2 aromatic rings. The van der Waals surface area contributed by atoms with Gasteiger partial charge in [-0.2, -0.15) is 0 Å². The summed E-state index contributed by atoms with van der Waals surface area (Å²) < 4.78 is 2.12.